The fourth-order valence-corrected chi connectivity index (χ4v) is 11.4. The second-order valence-corrected chi connectivity index (χ2v) is 17.8. The minimum absolute atomic E-state index is 0.00442. The molecule has 0 radical (unpaired) electrons. The number of hydrogen-bond donors (Lipinski definition) is 0. The number of carbonyl (C=O) groups excluding carboxylic acids is 1. The first-order chi connectivity index (χ1) is 22.5. The summed E-state index contributed by atoms with van der Waals surface area (Å²) in [7, 11) is 0. The highest BCUT2D eigenvalue weighted by Gasteiger charge is 2.59. The molecule has 0 aliphatic heterocycles. The number of unbranched alkanes of at least 4 members (excludes halogenated alkanes) is 5. The highest BCUT2D eigenvalue weighted by Crippen LogP contribution is 2.67. The molecule has 8 unspecified atom stereocenters. The summed E-state index contributed by atoms with van der Waals surface area (Å²) in [6.45, 7) is 17.0. The average Bonchev–Trinajstić information content (AvgIpc) is 3.57. The van der Waals surface area contributed by atoms with Crippen molar-refractivity contribution in [2.45, 2.75) is 189 Å². The van der Waals surface area contributed by atoms with Crippen LogP contribution in [0.2, 0.25) is 0 Å². The Morgan fingerprint density at radius 1 is 0.915 bits per heavy atom. The minimum atomic E-state index is 0.00442. The standard InChI is InChI=1S/C44H72O3/c1-8-9-10-11-12-18-35-29-33(5)41(46-35)19-13-14-20-42(45)47-36-25-27-43(6)34(30-36)21-22-37-39-24-23-38(32(4)17-15-16-31(2)3)44(39,7)28-26-40(37)43/h21,29,31-32,36-40H,8-20,22-28,30H2,1-7H3. The lowest BCUT2D eigenvalue weighted by atomic mass is 9.47. The number of furan rings is 1. The molecule has 4 aliphatic carbocycles. The van der Waals surface area contributed by atoms with E-state index in [1.54, 1.807) is 5.57 Å². The smallest absolute Gasteiger partial charge is 0.306 e. The van der Waals surface area contributed by atoms with E-state index < -0.39 is 0 Å². The second kappa shape index (κ2) is 16.5. The third kappa shape index (κ3) is 8.63. The third-order valence-electron chi connectivity index (χ3n) is 14.2. The van der Waals surface area contributed by atoms with E-state index in [0.29, 0.717) is 17.3 Å². The number of hydrogen-bond acceptors (Lipinski definition) is 3. The zero-order valence-electron chi connectivity index (χ0n) is 31.8. The summed E-state index contributed by atoms with van der Waals surface area (Å²) in [6.07, 6.45) is 27.9. The lowest BCUT2D eigenvalue weighted by Gasteiger charge is -2.58. The summed E-state index contributed by atoms with van der Waals surface area (Å²) in [5.74, 6) is 7.44. The summed E-state index contributed by atoms with van der Waals surface area (Å²) >= 11 is 0. The first kappa shape index (κ1) is 36.8. The summed E-state index contributed by atoms with van der Waals surface area (Å²) in [5.41, 5.74) is 3.74. The van der Waals surface area contributed by atoms with Crippen LogP contribution in [-0.2, 0) is 22.4 Å². The van der Waals surface area contributed by atoms with Crippen molar-refractivity contribution in [3.05, 3.63) is 34.8 Å². The number of esters is 1. The molecule has 8 atom stereocenters. The fourth-order valence-electron chi connectivity index (χ4n) is 11.4. The van der Waals surface area contributed by atoms with Gasteiger partial charge in [0.2, 0.25) is 0 Å². The van der Waals surface area contributed by atoms with Crippen LogP contribution in [0.25, 0.3) is 0 Å². The molecule has 1 heterocycles. The highest BCUT2D eigenvalue weighted by atomic mass is 16.5. The molecule has 47 heavy (non-hydrogen) atoms. The number of rotatable bonds is 17. The summed E-state index contributed by atoms with van der Waals surface area (Å²) in [6, 6.07) is 2.23. The lowest BCUT2D eigenvalue weighted by Crippen LogP contribution is -2.51. The molecule has 3 fully saturated rings. The maximum Gasteiger partial charge on any atom is 0.306 e. The Morgan fingerprint density at radius 3 is 2.49 bits per heavy atom. The van der Waals surface area contributed by atoms with Crippen molar-refractivity contribution in [1.82, 2.24) is 0 Å². The molecule has 4 aliphatic rings. The molecule has 3 heteroatoms. The van der Waals surface area contributed by atoms with Crippen molar-refractivity contribution in [2.24, 2.45) is 46.3 Å². The molecule has 3 saturated carbocycles. The van der Waals surface area contributed by atoms with Gasteiger partial charge in [-0.05, 0) is 129 Å². The molecule has 0 saturated heterocycles. The molecule has 266 valence electrons. The van der Waals surface area contributed by atoms with Gasteiger partial charge in [0.15, 0.2) is 0 Å². The van der Waals surface area contributed by atoms with Gasteiger partial charge >= 0.3 is 5.97 Å². The average molecular weight is 649 g/mol. The van der Waals surface area contributed by atoms with E-state index in [1.165, 1.54) is 95.5 Å². The van der Waals surface area contributed by atoms with Crippen LogP contribution in [-0.4, -0.2) is 12.1 Å². The Labute approximate surface area is 289 Å². The Bertz CT molecular complexity index is 1170. The Balaban J connectivity index is 1.06. The molecule has 3 nitrogen and oxygen atoms in total. The van der Waals surface area contributed by atoms with Gasteiger partial charge < -0.3 is 9.15 Å². The van der Waals surface area contributed by atoms with Crippen molar-refractivity contribution in [3.63, 3.8) is 0 Å². The highest BCUT2D eigenvalue weighted by molar-refractivity contribution is 5.69. The quantitative estimate of drug-likeness (QED) is 0.0958. The molecule has 5 rings (SSSR count). The maximum atomic E-state index is 12.9. The van der Waals surface area contributed by atoms with Gasteiger partial charge in [-0.25, -0.2) is 0 Å². The second-order valence-electron chi connectivity index (χ2n) is 17.8. The molecular formula is C44H72O3. The summed E-state index contributed by atoms with van der Waals surface area (Å²) < 4.78 is 12.3. The summed E-state index contributed by atoms with van der Waals surface area (Å²) in [5, 5.41) is 0. The molecule has 0 aromatic carbocycles. The zero-order chi connectivity index (χ0) is 33.6. The Morgan fingerprint density at radius 2 is 1.70 bits per heavy atom. The van der Waals surface area contributed by atoms with Crippen molar-refractivity contribution < 1.29 is 13.9 Å². The number of carbonyl (C=O) groups is 1. The largest absolute Gasteiger partial charge is 0.466 e. The normalized spacial score (nSPS) is 32.4. The maximum absolute atomic E-state index is 12.9. The molecule has 1 aromatic heterocycles. The van der Waals surface area contributed by atoms with Crippen LogP contribution in [0.1, 0.15) is 181 Å². The van der Waals surface area contributed by atoms with Gasteiger partial charge in [0.05, 0.1) is 0 Å². The van der Waals surface area contributed by atoms with E-state index in [-0.39, 0.29) is 12.1 Å². The van der Waals surface area contributed by atoms with Gasteiger partial charge in [0.25, 0.3) is 0 Å². The van der Waals surface area contributed by atoms with Gasteiger partial charge in [0.1, 0.15) is 17.6 Å². The van der Waals surface area contributed by atoms with E-state index in [4.69, 9.17) is 9.15 Å². The van der Waals surface area contributed by atoms with Crippen molar-refractivity contribution in [2.75, 3.05) is 0 Å². The first-order valence-electron chi connectivity index (χ1n) is 20.5. The van der Waals surface area contributed by atoms with E-state index in [9.17, 15) is 4.79 Å². The van der Waals surface area contributed by atoms with E-state index in [1.807, 2.05) is 0 Å². The van der Waals surface area contributed by atoms with Gasteiger partial charge in [-0.2, -0.15) is 0 Å². The van der Waals surface area contributed by atoms with Crippen LogP contribution in [0.4, 0.5) is 0 Å². The number of allylic oxidation sites excluding steroid dienone is 1. The predicted octanol–water partition coefficient (Wildman–Crippen LogP) is 12.8. The molecule has 0 N–H and O–H groups in total. The SMILES string of the molecule is CCCCCCCc1cc(C)c(CCCCC(=O)OC2CCC3(C)C(=CCC4C3CCC3(C)C(C(C)CCCC(C)C)CCC43)C2)o1. The third-order valence-corrected chi connectivity index (χ3v) is 14.2. The minimum Gasteiger partial charge on any atom is -0.466 e. The summed E-state index contributed by atoms with van der Waals surface area (Å²) in [4.78, 5) is 12.9. The van der Waals surface area contributed by atoms with E-state index >= 15 is 0 Å². The number of ether oxygens (including phenoxy) is 1. The van der Waals surface area contributed by atoms with Crippen LogP contribution in [0.5, 0.6) is 0 Å². The van der Waals surface area contributed by atoms with Gasteiger partial charge in [-0.1, -0.05) is 98.1 Å². The predicted molar refractivity (Wildman–Crippen MR) is 196 cm³/mol. The molecule has 0 bridgehead atoms. The zero-order valence-corrected chi connectivity index (χ0v) is 31.8. The molecule has 0 amide bonds. The first-order valence-corrected chi connectivity index (χ1v) is 20.5. The van der Waals surface area contributed by atoms with E-state index in [0.717, 1.165) is 85.6 Å². The fraction of sp³-hybridized carbons (Fsp3) is 0.841. The van der Waals surface area contributed by atoms with Crippen molar-refractivity contribution in [1.29, 1.82) is 0 Å². The number of fused-ring (bicyclic) bond motifs is 5. The van der Waals surface area contributed by atoms with Gasteiger partial charge in [0, 0.05) is 25.7 Å². The van der Waals surface area contributed by atoms with Crippen LogP contribution in [0.15, 0.2) is 22.1 Å². The van der Waals surface area contributed by atoms with E-state index in [2.05, 4.69) is 60.6 Å². The molecular weight excluding hydrogens is 576 g/mol. The van der Waals surface area contributed by atoms with Crippen LogP contribution in [0.3, 0.4) is 0 Å². The van der Waals surface area contributed by atoms with Gasteiger partial charge in [-0.3, -0.25) is 4.79 Å². The van der Waals surface area contributed by atoms with Gasteiger partial charge in [-0.15, -0.1) is 0 Å². The molecule has 1 aromatic rings. The van der Waals surface area contributed by atoms with Crippen molar-refractivity contribution >= 4 is 5.97 Å². The monoisotopic (exact) mass is 649 g/mol. The van der Waals surface area contributed by atoms with Crippen molar-refractivity contribution in [3.8, 4) is 0 Å². The topological polar surface area (TPSA) is 39.4 Å². The van der Waals surface area contributed by atoms with Crippen LogP contribution < -0.4 is 0 Å². The number of aryl methyl sites for hydroxylation is 3. The lowest BCUT2D eigenvalue weighted by molar-refractivity contribution is -0.151. The Hall–Kier alpha value is -1.51. The van der Waals surface area contributed by atoms with Crippen LogP contribution in [0, 0.1) is 53.3 Å². The Kier molecular flexibility index (Phi) is 12.9. The molecule has 0 spiro atoms. The van der Waals surface area contributed by atoms with Crippen LogP contribution >= 0.6 is 0 Å².